The van der Waals surface area contributed by atoms with E-state index in [0.717, 1.165) is 12.8 Å². The first-order chi connectivity index (χ1) is 6.46. The van der Waals surface area contributed by atoms with Crippen molar-refractivity contribution < 1.29 is 9.53 Å². The molecule has 0 bridgehead atoms. The van der Waals surface area contributed by atoms with E-state index in [4.69, 9.17) is 4.74 Å². The van der Waals surface area contributed by atoms with Gasteiger partial charge in [-0.15, -0.1) is 0 Å². The van der Waals surface area contributed by atoms with Crippen molar-refractivity contribution in [2.75, 3.05) is 6.61 Å². The third-order valence-electron chi connectivity index (χ3n) is 2.33. The van der Waals surface area contributed by atoms with Crippen LogP contribution in [0.3, 0.4) is 0 Å². The summed E-state index contributed by atoms with van der Waals surface area (Å²) in [6.45, 7) is 10.7. The van der Waals surface area contributed by atoms with Crippen LogP contribution in [0.2, 0.25) is 0 Å². The molecule has 84 valence electrons. The predicted molar refractivity (Wildman–Crippen MR) is 59.4 cm³/mol. The van der Waals surface area contributed by atoms with Gasteiger partial charge in [0.05, 0.1) is 0 Å². The van der Waals surface area contributed by atoms with Crippen molar-refractivity contribution in [3.05, 3.63) is 0 Å². The number of Topliss-reactive ketones (excluding diaryl/α,β-unsaturated/α-hetero) is 1. The van der Waals surface area contributed by atoms with Crippen molar-refractivity contribution in [2.45, 2.75) is 59.5 Å². The Hall–Kier alpha value is -0.370. The van der Waals surface area contributed by atoms with Crippen LogP contribution in [-0.4, -0.2) is 18.0 Å². The Bertz CT molecular complexity index is 175. The molecule has 2 nitrogen and oxygen atoms in total. The molecule has 0 spiro atoms. The highest BCUT2D eigenvalue weighted by molar-refractivity contribution is 5.86. The molecule has 0 aromatic heterocycles. The molecule has 0 aliphatic heterocycles. The van der Waals surface area contributed by atoms with Gasteiger partial charge in [-0.1, -0.05) is 20.8 Å². The van der Waals surface area contributed by atoms with Crippen molar-refractivity contribution in [2.24, 2.45) is 5.92 Å². The quantitative estimate of drug-likeness (QED) is 0.631. The molecule has 0 aromatic rings. The Balaban J connectivity index is 4.43. The Morgan fingerprint density at radius 1 is 1.36 bits per heavy atom. The second kappa shape index (κ2) is 6.18. The lowest BCUT2D eigenvalue weighted by molar-refractivity contribution is -0.144. The van der Waals surface area contributed by atoms with Crippen molar-refractivity contribution in [3.63, 3.8) is 0 Å². The maximum absolute atomic E-state index is 11.9. The van der Waals surface area contributed by atoms with Gasteiger partial charge in [0.1, 0.15) is 5.60 Å². The number of rotatable bonds is 7. The third-order valence-corrected chi connectivity index (χ3v) is 2.33. The Morgan fingerprint density at radius 2 is 1.93 bits per heavy atom. The smallest absolute Gasteiger partial charge is 0.164 e. The molecule has 1 atom stereocenters. The SMILES string of the molecule is CCCC(=O)C(C)(CC(C)C)OCC. The van der Waals surface area contributed by atoms with Gasteiger partial charge >= 0.3 is 0 Å². The van der Waals surface area contributed by atoms with Crippen LogP contribution in [0.1, 0.15) is 53.9 Å². The number of hydrogen-bond donors (Lipinski definition) is 0. The number of carbonyl (C=O) groups excluding carboxylic acids is 1. The van der Waals surface area contributed by atoms with Crippen LogP contribution in [0.4, 0.5) is 0 Å². The number of ether oxygens (including phenoxy) is 1. The molecule has 0 saturated carbocycles. The second-order valence-electron chi connectivity index (χ2n) is 4.44. The molecule has 0 saturated heterocycles. The second-order valence-corrected chi connectivity index (χ2v) is 4.44. The molecule has 2 heteroatoms. The average molecular weight is 200 g/mol. The van der Waals surface area contributed by atoms with E-state index in [0.29, 0.717) is 18.9 Å². The lowest BCUT2D eigenvalue weighted by Crippen LogP contribution is -2.39. The van der Waals surface area contributed by atoms with Crippen LogP contribution >= 0.6 is 0 Å². The summed E-state index contributed by atoms with van der Waals surface area (Å²) in [4.78, 5) is 11.9. The van der Waals surface area contributed by atoms with E-state index in [1.807, 2.05) is 20.8 Å². The average Bonchev–Trinajstić information content (AvgIpc) is 2.03. The molecular weight excluding hydrogens is 176 g/mol. The summed E-state index contributed by atoms with van der Waals surface area (Å²) in [7, 11) is 0. The molecule has 0 heterocycles. The molecule has 0 rings (SSSR count). The first kappa shape index (κ1) is 13.6. The van der Waals surface area contributed by atoms with Crippen molar-refractivity contribution >= 4 is 5.78 Å². The predicted octanol–water partition coefficient (Wildman–Crippen LogP) is 3.20. The molecule has 0 fully saturated rings. The van der Waals surface area contributed by atoms with Gasteiger partial charge in [-0.2, -0.15) is 0 Å². The molecule has 1 unspecified atom stereocenters. The van der Waals surface area contributed by atoms with Crippen molar-refractivity contribution in [3.8, 4) is 0 Å². The van der Waals surface area contributed by atoms with E-state index in [1.165, 1.54) is 0 Å². The number of ketones is 1. The van der Waals surface area contributed by atoms with Crippen LogP contribution in [-0.2, 0) is 9.53 Å². The third kappa shape index (κ3) is 4.23. The Labute approximate surface area is 88.0 Å². The Morgan fingerprint density at radius 3 is 2.29 bits per heavy atom. The summed E-state index contributed by atoms with van der Waals surface area (Å²) in [5.74, 6) is 0.739. The number of carbonyl (C=O) groups is 1. The molecule has 0 aliphatic carbocycles. The summed E-state index contributed by atoms with van der Waals surface area (Å²) >= 11 is 0. The van der Waals surface area contributed by atoms with Crippen molar-refractivity contribution in [1.29, 1.82) is 0 Å². The zero-order valence-electron chi connectivity index (χ0n) is 10.2. The molecule has 14 heavy (non-hydrogen) atoms. The highest BCUT2D eigenvalue weighted by Crippen LogP contribution is 2.24. The zero-order chi connectivity index (χ0) is 11.2. The Kier molecular flexibility index (Phi) is 6.01. The normalized spacial score (nSPS) is 15.6. The molecule has 0 N–H and O–H groups in total. The summed E-state index contributed by atoms with van der Waals surface area (Å²) in [6.07, 6.45) is 2.35. The monoisotopic (exact) mass is 200 g/mol. The molecule has 0 aromatic carbocycles. The minimum Gasteiger partial charge on any atom is -0.368 e. The van der Waals surface area contributed by atoms with Crippen LogP contribution in [0, 0.1) is 5.92 Å². The summed E-state index contributed by atoms with van der Waals surface area (Å²) in [5, 5.41) is 0. The van der Waals surface area contributed by atoms with Gasteiger partial charge in [-0.25, -0.2) is 0 Å². The zero-order valence-corrected chi connectivity index (χ0v) is 10.2. The van der Waals surface area contributed by atoms with Crippen molar-refractivity contribution in [1.82, 2.24) is 0 Å². The van der Waals surface area contributed by atoms with Crippen LogP contribution in [0.5, 0.6) is 0 Å². The minimum atomic E-state index is -0.557. The maximum atomic E-state index is 11.9. The molecule has 0 amide bonds. The van der Waals surface area contributed by atoms with E-state index < -0.39 is 5.60 Å². The van der Waals surface area contributed by atoms with Crippen LogP contribution in [0.15, 0.2) is 0 Å². The van der Waals surface area contributed by atoms with Gasteiger partial charge < -0.3 is 4.74 Å². The molecular formula is C12H24O2. The fourth-order valence-electron chi connectivity index (χ4n) is 1.84. The van der Waals surface area contributed by atoms with Crippen LogP contribution < -0.4 is 0 Å². The van der Waals surface area contributed by atoms with Gasteiger partial charge in [-0.05, 0) is 32.6 Å². The largest absolute Gasteiger partial charge is 0.368 e. The lowest BCUT2D eigenvalue weighted by Gasteiger charge is -2.29. The summed E-state index contributed by atoms with van der Waals surface area (Å²) in [5.41, 5.74) is -0.557. The first-order valence-electron chi connectivity index (χ1n) is 5.63. The van der Waals surface area contributed by atoms with E-state index in [1.54, 1.807) is 0 Å². The van der Waals surface area contributed by atoms with Gasteiger partial charge in [-0.3, -0.25) is 4.79 Å². The summed E-state index contributed by atoms with van der Waals surface area (Å²) < 4.78 is 5.61. The highest BCUT2D eigenvalue weighted by Gasteiger charge is 2.33. The fraction of sp³-hybridized carbons (Fsp3) is 0.917. The first-order valence-corrected chi connectivity index (χ1v) is 5.63. The molecule has 0 aliphatic rings. The number of hydrogen-bond acceptors (Lipinski definition) is 2. The van der Waals surface area contributed by atoms with E-state index in [9.17, 15) is 4.79 Å². The van der Waals surface area contributed by atoms with Crippen LogP contribution in [0.25, 0.3) is 0 Å². The van der Waals surface area contributed by atoms with Gasteiger partial charge in [0.2, 0.25) is 0 Å². The van der Waals surface area contributed by atoms with E-state index in [-0.39, 0.29) is 5.78 Å². The van der Waals surface area contributed by atoms with E-state index in [2.05, 4.69) is 13.8 Å². The molecule has 0 radical (unpaired) electrons. The standard InChI is InChI=1S/C12H24O2/c1-6-8-11(13)12(5,14-7-2)9-10(3)4/h10H,6-9H2,1-5H3. The highest BCUT2D eigenvalue weighted by atomic mass is 16.5. The topological polar surface area (TPSA) is 26.3 Å². The fourth-order valence-corrected chi connectivity index (χ4v) is 1.84. The lowest BCUT2D eigenvalue weighted by atomic mass is 9.88. The minimum absolute atomic E-state index is 0.246. The maximum Gasteiger partial charge on any atom is 0.164 e. The van der Waals surface area contributed by atoms with Gasteiger partial charge in [0.15, 0.2) is 5.78 Å². The summed E-state index contributed by atoms with van der Waals surface area (Å²) in [6, 6.07) is 0. The van der Waals surface area contributed by atoms with Gasteiger partial charge in [0.25, 0.3) is 0 Å². The van der Waals surface area contributed by atoms with Gasteiger partial charge in [0, 0.05) is 13.0 Å². The van der Waals surface area contributed by atoms with E-state index >= 15 is 0 Å².